The van der Waals surface area contributed by atoms with Gasteiger partial charge < -0.3 is 48.1 Å². The van der Waals surface area contributed by atoms with Crippen molar-refractivity contribution < 1.29 is 57.4 Å². The number of esters is 2. The number of nitrogens with zero attached hydrogens (tertiary/aromatic N) is 1. The van der Waals surface area contributed by atoms with Gasteiger partial charge in [-0.3, -0.25) is 14.4 Å². The zero-order valence-corrected chi connectivity index (χ0v) is 34.1. The first-order valence-electron chi connectivity index (χ1n) is 19.8. The van der Waals surface area contributed by atoms with Crippen LogP contribution in [0.3, 0.4) is 0 Å². The minimum absolute atomic E-state index is 0.0749. The molecule has 0 saturated carbocycles. The molecule has 3 saturated heterocycles. The molecule has 3 aliphatic rings. The first-order chi connectivity index (χ1) is 26.5. The fourth-order valence-electron chi connectivity index (χ4n) is 8.71. The summed E-state index contributed by atoms with van der Waals surface area (Å²) in [5.41, 5.74) is 0.0788. The second-order valence-corrected chi connectivity index (χ2v) is 16.2. The molecule has 4 heterocycles. The number of rotatable bonds is 10. The second-order valence-electron chi connectivity index (χ2n) is 16.2. The molecule has 0 bridgehead atoms. The van der Waals surface area contributed by atoms with Gasteiger partial charge in [0.15, 0.2) is 18.0 Å². The molecule has 14 heteroatoms. The predicted molar refractivity (Wildman–Crippen MR) is 205 cm³/mol. The smallest absolute Gasteiger partial charge is 0.461 e. The Bertz CT molecular complexity index is 1710. The molecule has 14 nitrogen and oxygen atoms in total. The third-order valence-electron chi connectivity index (χ3n) is 11.9. The standard InChI is InChI=1S/C42H60N2O12/c1-11-17-50-31-18-22(3)34(46)24(5)38-42(8,56-41(49)55-38)32(12-2)52-39(48)26(7)36(53-33(45)20-27-21-43-29-16-14-13-15-28(27)29)25(6)37(31)54-40-35(47)30(44(9)10)19-23(4)51-40/h11,13-16,21-26,30-32,35-38,40,43,47H,1,12,17-20H2,2-10H3/t22-,23-,24+,25+,26-,30+,31-,32-,35-,36+,37?,38-,40+,42-/m1/s1. The topological polar surface area (TPSA) is 172 Å². The number of carbonyl (C=O) groups excluding carboxylic acids is 4. The Morgan fingerprint density at radius 3 is 2.45 bits per heavy atom. The normalized spacial score (nSPS) is 37.3. The number of H-pyrrole nitrogens is 1. The van der Waals surface area contributed by atoms with Gasteiger partial charge in [0, 0.05) is 35.0 Å². The number of aromatic nitrogens is 1. The van der Waals surface area contributed by atoms with Crippen LogP contribution in [0.2, 0.25) is 0 Å². The number of cyclic esters (lactones) is 1. The number of aromatic amines is 1. The molecule has 1 aromatic carbocycles. The van der Waals surface area contributed by atoms with E-state index < -0.39 is 90.3 Å². The molecule has 0 spiro atoms. The largest absolute Gasteiger partial charge is 0.509 e. The van der Waals surface area contributed by atoms with E-state index in [1.165, 1.54) is 0 Å². The van der Waals surface area contributed by atoms with Crippen LogP contribution in [0.5, 0.6) is 0 Å². The third-order valence-corrected chi connectivity index (χ3v) is 11.9. The summed E-state index contributed by atoms with van der Waals surface area (Å²) in [6.07, 6.45) is -4.45. The highest BCUT2D eigenvalue weighted by Crippen LogP contribution is 2.41. The summed E-state index contributed by atoms with van der Waals surface area (Å²) in [4.78, 5) is 60.4. The number of hydrogen-bond donors (Lipinski definition) is 2. The lowest BCUT2D eigenvalue weighted by atomic mass is 9.77. The Kier molecular flexibility index (Phi) is 14.1. The van der Waals surface area contributed by atoms with Crippen molar-refractivity contribution in [2.24, 2.45) is 23.7 Å². The van der Waals surface area contributed by atoms with Gasteiger partial charge in [-0.2, -0.15) is 0 Å². The molecular weight excluding hydrogens is 724 g/mol. The van der Waals surface area contributed by atoms with E-state index in [1.807, 2.05) is 50.2 Å². The zero-order valence-electron chi connectivity index (χ0n) is 34.1. The molecule has 310 valence electrons. The molecular formula is C42H60N2O12. The number of hydrogen-bond acceptors (Lipinski definition) is 13. The highest BCUT2D eigenvalue weighted by atomic mass is 16.8. The first-order valence-corrected chi connectivity index (χ1v) is 19.8. The van der Waals surface area contributed by atoms with Crippen molar-refractivity contribution in [2.45, 2.75) is 135 Å². The molecule has 2 N–H and O–H groups in total. The van der Waals surface area contributed by atoms with Crippen molar-refractivity contribution in [2.75, 3.05) is 20.7 Å². The maximum atomic E-state index is 14.3. The molecule has 56 heavy (non-hydrogen) atoms. The molecule has 3 aliphatic heterocycles. The van der Waals surface area contributed by atoms with E-state index in [0.717, 1.165) is 10.9 Å². The highest BCUT2D eigenvalue weighted by molar-refractivity contribution is 5.87. The second kappa shape index (κ2) is 18.2. The number of nitrogens with one attached hydrogen (secondary N) is 1. The van der Waals surface area contributed by atoms with Crippen molar-refractivity contribution in [3.63, 3.8) is 0 Å². The van der Waals surface area contributed by atoms with Crippen LogP contribution in [0, 0.1) is 23.7 Å². The van der Waals surface area contributed by atoms with Crippen LogP contribution in [0.15, 0.2) is 43.1 Å². The Morgan fingerprint density at radius 1 is 1.05 bits per heavy atom. The van der Waals surface area contributed by atoms with Crippen LogP contribution in [-0.4, -0.2) is 120 Å². The van der Waals surface area contributed by atoms with Crippen molar-refractivity contribution in [1.29, 1.82) is 0 Å². The number of benzene rings is 1. The van der Waals surface area contributed by atoms with Gasteiger partial charge in [-0.1, -0.05) is 52.0 Å². The minimum atomic E-state index is -1.49. The summed E-state index contributed by atoms with van der Waals surface area (Å²) in [6, 6.07) is 7.28. The molecule has 0 aliphatic carbocycles. The summed E-state index contributed by atoms with van der Waals surface area (Å²) >= 11 is 0. The Balaban J connectivity index is 1.60. The van der Waals surface area contributed by atoms with Gasteiger partial charge in [-0.05, 0) is 65.8 Å². The molecule has 5 rings (SSSR count). The van der Waals surface area contributed by atoms with Gasteiger partial charge in [0.25, 0.3) is 0 Å². The summed E-state index contributed by atoms with van der Waals surface area (Å²) in [5.74, 6) is -4.96. The van der Waals surface area contributed by atoms with E-state index in [2.05, 4.69) is 11.6 Å². The van der Waals surface area contributed by atoms with Crippen molar-refractivity contribution in [1.82, 2.24) is 9.88 Å². The molecule has 2 aromatic rings. The zero-order chi connectivity index (χ0) is 41.1. The maximum absolute atomic E-state index is 14.3. The Morgan fingerprint density at radius 2 is 1.77 bits per heavy atom. The number of ketones is 1. The van der Waals surface area contributed by atoms with Crippen LogP contribution >= 0.6 is 0 Å². The average molecular weight is 785 g/mol. The lowest BCUT2D eigenvalue weighted by Gasteiger charge is -2.45. The van der Waals surface area contributed by atoms with Crippen LogP contribution in [-0.2, 0) is 54.0 Å². The third kappa shape index (κ3) is 9.15. The lowest BCUT2D eigenvalue weighted by Crippen LogP contribution is -2.58. The van der Waals surface area contributed by atoms with Gasteiger partial charge in [-0.15, -0.1) is 6.58 Å². The summed E-state index contributed by atoms with van der Waals surface area (Å²) < 4.78 is 43.2. The highest BCUT2D eigenvalue weighted by Gasteiger charge is 2.58. The monoisotopic (exact) mass is 784 g/mol. The Labute approximate surface area is 329 Å². The average Bonchev–Trinajstić information content (AvgIpc) is 3.71. The number of Topliss-reactive ketones (excluding diaryl/α,β-unsaturated/α-hetero) is 1. The van der Waals surface area contributed by atoms with Crippen LogP contribution in [0.1, 0.15) is 73.3 Å². The number of aliphatic hydroxyl groups is 1. The van der Waals surface area contributed by atoms with Crippen molar-refractivity contribution >= 4 is 34.8 Å². The van der Waals surface area contributed by atoms with Crippen LogP contribution in [0.4, 0.5) is 4.79 Å². The molecule has 0 amide bonds. The molecule has 14 atom stereocenters. The molecule has 0 radical (unpaired) electrons. The van der Waals surface area contributed by atoms with E-state index in [-0.39, 0.29) is 43.8 Å². The van der Waals surface area contributed by atoms with E-state index in [4.69, 9.17) is 33.2 Å². The number of aliphatic hydroxyl groups excluding tert-OH is 1. The van der Waals surface area contributed by atoms with Gasteiger partial charge in [0.2, 0.25) is 0 Å². The van der Waals surface area contributed by atoms with Gasteiger partial charge in [0.1, 0.15) is 24.1 Å². The van der Waals surface area contributed by atoms with E-state index >= 15 is 0 Å². The minimum Gasteiger partial charge on any atom is -0.461 e. The predicted octanol–water partition coefficient (Wildman–Crippen LogP) is 5.14. The van der Waals surface area contributed by atoms with Crippen molar-refractivity contribution in [3.8, 4) is 0 Å². The number of likely N-dealkylation sites (N-methyl/N-ethyl adjacent to an activating group) is 1. The Hall–Kier alpha value is -3.82. The SMILES string of the molecule is C=CCO[C@@H]1C[C@@H](C)C(=O)[C@H](C)[C@H]2OC(=O)O[C@]2(C)[C@@H](CC)OC(=O)[C@H](C)[C@@H](OC(=O)Cc2c[nH]c3ccccc23)[C@H](C)C1O[C@@H]1O[C@H](C)C[C@H](N(C)C)[C@H]1O. The van der Waals surface area contributed by atoms with E-state index in [9.17, 15) is 24.3 Å². The van der Waals surface area contributed by atoms with Gasteiger partial charge >= 0.3 is 18.1 Å². The summed E-state index contributed by atoms with van der Waals surface area (Å²) in [5, 5.41) is 12.5. The van der Waals surface area contributed by atoms with E-state index in [0.29, 0.717) is 12.0 Å². The van der Waals surface area contributed by atoms with Crippen LogP contribution in [0.25, 0.3) is 10.9 Å². The number of ether oxygens (including phenoxy) is 7. The van der Waals surface area contributed by atoms with Gasteiger partial charge in [-0.25, -0.2) is 4.79 Å². The lowest BCUT2D eigenvalue weighted by molar-refractivity contribution is -0.290. The van der Waals surface area contributed by atoms with Gasteiger partial charge in [0.05, 0.1) is 43.2 Å². The summed E-state index contributed by atoms with van der Waals surface area (Å²) in [6.45, 7) is 16.0. The summed E-state index contributed by atoms with van der Waals surface area (Å²) in [7, 11) is 3.74. The molecule has 3 fully saturated rings. The van der Waals surface area contributed by atoms with E-state index in [1.54, 1.807) is 53.8 Å². The maximum Gasteiger partial charge on any atom is 0.509 e. The van der Waals surface area contributed by atoms with Crippen molar-refractivity contribution in [3.05, 3.63) is 48.7 Å². The quantitative estimate of drug-likeness (QED) is 0.185. The first kappa shape index (κ1) is 43.3. The molecule has 1 aromatic heterocycles. The van der Waals surface area contributed by atoms with Crippen LogP contribution < -0.4 is 0 Å². The molecule has 1 unspecified atom stereocenters. The number of fused-ring (bicyclic) bond motifs is 2. The number of para-hydroxylation sites is 1. The number of carbonyl (C=O) groups is 4. The fourth-order valence-corrected chi connectivity index (χ4v) is 8.71. The fraction of sp³-hybridized carbons (Fsp3) is 0.667.